The minimum atomic E-state index is -1.14. The Morgan fingerprint density at radius 3 is 2.15 bits per heavy atom. The number of hydrogen-bond donors (Lipinski definition) is 2. The molecule has 1 atom stereocenters. The lowest BCUT2D eigenvalue weighted by Gasteiger charge is -2.31. The molecule has 0 aliphatic rings. The van der Waals surface area contributed by atoms with Crippen molar-refractivity contribution >= 4 is 29.4 Å². The maximum absolute atomic E-state index is 13.2. The molecule has 1 heterocycles. The van der Waals surface area contributed by atoms with Crippen LogP contribution in [0.5, 0.6) is 17.2 Å². The molecule has 1 amide bonds. The van der Waals surface area contributed by atoms with Gasteiger partial charge in [0.2, 0.25) is 5.82 Å². The van der Waals surface area contributed by atoms with Crippen molar-refractivity contribution in [1.82, 2.24) is 15.0 Å². The van der Waals surface area contributed by atoms with Gasteiger partial charge in [0.15, 0.2) is 6.61 Å². The van der Waals surface area contributed by atoms with Crippen LogP contribution in [0.3, 0.4) is 0 Å². The molecule has 0 bridgehead atoms. The Labute approximate surface area is 272 Å². The summed E-state index contributed by atoms with van der Waals surface area (Å²) in [6, 6.07) is 22.5. The Morgan fingerprint density at radius 1 is 0.978 bits per heavy atom. The summed E-state index contributed by atoms with van der Waals surface area (Å²) >= 11 is 5.16. The fraction of sp³-hybridized carbons (Fsp3) is 0.303. The second kappa shape index (κ2) is 18.0. The van der Waals surface area contributed by atoms with Crippen LogP contribution in [0.25, 0.3) is 11.5 Å². The molecule has 3 aromatic carbocycles. The summed E-state index contributed by atoms with van der Waals surface area (Å²) in [6.07, 6.45) is -0.235. The van der Waals surface area contributed by atoms with Crippen LogP contribution in [-0.4, -0.2) is 62.7 Å². The molecule has 0 aliphatic carbocycles. The van der Waals surface area contributed by atoms with Crippen molar-refractivity contribution < 1.29 is 38.6 Å². The summed E-state index contributed by atoms with van der Waals surface area (Å²) in [5, 5.41) is 24.2. The molecular weight excluding hydrogens is 616 g/mol. The quantitative estimate of drug-likeness (QED) is 0.0662. The monoisotopic (exact) mass is 652 g/mol. The van der Waals surface area contributed by atoms with Gasteiger partial charge in [0, 0.05) is 5.56 Å². The van der Waals surface area contributed by atoms with Crippen molar-refractivity contribution in [2.24, 2.45) is 11.1 Å². The zero-order chi connectivity index (χ0) is 33.5. The van der Waals surface area contributed by atoms with Crippen LogP contribution < -0.4 is 14.2 Å². The summed E-state index contributed by atoms with van der Waals surface area (Å²) in [7, 11) is 1.54. The molecule has 0 radical (unpaired) electrons. The number of oxime groups is 1. The van der Waals surface area contributed by atoms with Gasteiger partial charge in [-0.2, -0.15) is 4.98 Å². The molecule has 46 heavy (non-hydrogen) atoms. The van der Waals surface area contributed by atoms with E-state index in [-0.39, 0.29) is 18.3 Å². The summed E-state index contributed by atoms with van der Waals surface area (Å²) < 4.78 is 21.8. The number of hydrogen-bond acceptors (Lipinski definition) is 10. The van der Waals surface area contributed by atoms with E-state index >= 15 is 0 Å². The van der Waals surface area contributed by atoms with E-state index < -0.39 is 24.6 Å². The van der Waals surface area contributed by atoms with Gasteiger partial charge in [-0.15, -0.1) is 11.6 Å². The molecule has 0 fully saturated rings. The Kier molecular flexibility index (Phi) is 13.9. The third-order valence-electron chi connectivity index (χ3n) is 6.36. The molecule has 13 heteroatoms. The molecule has 0 aliphatic heterocycles. The summed E-state index contributed by atoms with van der Waals surface area (Å²) in [5.74, 6) is 1.59. The van der Waals surface area contributed by atoms with Crippen molar-refractivity contribution in [2.45, 2.75) is 39.8 Å². The first-order chi connectivity index (χ1) is 22.1. The third kappa shape index (κ3) is 11.1. The number of nitrogens with zero attached hydrogens (tertiary/aromatic N) is 4. The number of aromatic nitrogens is 2. The number of halogens is 1. The number of benzene rings is 3. The van der Waals surface area contributed by atoms with Crippen LogP contribution in [0.2, 0.25) is 0 Å². The van der Waals surface area contributed by atoms with Gasteiger partial charge in [-0.05, 0) is 73.4 Å². The summed E-state index contributed by atoms with van der Waals surface area (Å²) in [5.41, 5.74) is 2.11. The van der Waals surface area contributed by atoms with E-state index in [9.17, 15) is 14.7 Å². The SMILES string of the molecule is C/C(CCl)=N\O.COc1ccc(OC(=O)N(CC(=O)O)[C@@H](CC(C)C)c2ccc(OCc3noc(-c4ccccc4)n3)cc2)cc1. The van der Waals surface area contributed by atoms with E-state index in [1.165, 1.54) is 12.0 Å². The Bertz CT molecular complexity index is 1540. The number of carbonyl (C=O) groups is 2. The van der Waals surface area contributed by atoms with Crippen LogP contribution in [0.4, 0.5) is 4.79 Å². The highest BCUT2D eigenvalue weighted by Crippen LogP contribution is 2.31. The van der Waals surface area contributed by atoms with Gasteiger partial charge in [0.25, 0.3) is 5.89 Å². The fourth-order valence-electron chi connectivity index (χ4n) is 4.11. The van der Waals surface area contributed by atoms with Crippen LogP contribution in [0.1, 0.15) is 44.6 Å². The molecule has 244 valence electrons. The first kappa shape index (κ1) is 35.4. The fourth-order valence-corrected chi connectivity index (χ4v) is 4.17. The summed E-state index contributed by atoms with van der Waals surface area (Å²) in [6.45, 7) is 5.24. The Balaban J connectivity index is 0.000000875. The maximum atomic E-state index is 13.2. The molecule has 2 N–H and O–H groups in total. The molecule has 0 saturated carbocycles. The molecule has 0 saturated heterocycles. The predicted molar refractivity (Wildman–Crippen MR) is 172 cm³/mol. The lowest BCUT2D eigenvalue weighted by molar-refractivity contribution is -0.138. The zero-order valence-electron chi connectivity index (χ0n) is 26.0. The van der Waals surface area contributed by atoms with Gasteiger partial charge < -0.3 is 29.0 Å². The maximum Gasteiger partial charge on any atom is 0.416 e. The molecule has 1 aromatic heterocycles. The van der Waals surface area contributed by atoms with E-state index in [1.54, 1.807) is 43.3 Å². The smallest absolute Gasteiger partial charge is 0.416 e. The van der Waals surface area contributed by atoms with Crippen LogP contribution in [-0.2, 0) is 11.4 Å². The van der Waals surface area contributed by atoms with Gasteiger partial charge >= 0.3 is 12.1 Å². The lowest BCUT2D eigenvalue weighted by Crippen LogP contribution is -2.41. The number of amides is 1. The minimum absolute atomic E-state index is 0.102. The molecule has 4 rings (SSSR count). The molecule has 12 nitrogen and oxygen atoms in total. The van der Waals surface area contributed by atoms with Gasteiger partial charge in [-0.25, -0.2) is 4.79 Å². The molecule has 4 aromatic rings. The van der Waals surface area contributed by atoms with Crippen molar-refractivity contribution in [2.75, 3.05) is 19.5 Å². The lowest BCUT2D eigenvalue weighted by atomic mass is 9.95. The number of rotatable bonds is 13. The number of aliphatic carboxylic acids is 1. The van der Waals surface area contributed by atoms with Crippen molar-refractivity contribution in [3.8, 4) is 28.7 Å². The van der Waals surface area contributed by atoms with Gasteiger partial charge in [0.1, 0.15) is 23.8 Å². The van der Waals surface area contributed by atoms with E-state index in [0.717, 1.165) is 11.1 Å². The van der Waals surface area contributed by atoms with Crippen LogP contribution in [0.15, 0.2) is 88.5 Å². The minimum Gasteiger partial charge on any atom is -0.497 e. The second-order valence-electron chi connectivity index (χ2n) is 10.4. The van der Waals surface area contributed by atoms with E-state index in [2.05, 4.69) is 15.3 Å². The first-order valence-corrected chi connectivity index (χ1v) is 14.9. The summed E-state index contributed by atoms with van der Waals surface area (Å²) in [4.78, 5) is 30.5. The largest absolute Gasteiger partial charge is 0.497 e. The average Bonchev–Trinajstić information content (AvgIpc) is 3.55. The highest BCUT2D eigenvalue weighted by atomic mass is 35.5. The van der Waals surface area contributed by atoms with E-state index in [4.69, 9.17) is 35.5 Å². The first-order valence-electron chi connectivity index (χ1n) is 14.3. The highest BCUT2D eigenvalue weighted by molar-refractivity contribution is 6.28. The van der Waals surface area contributed by atoms with Crippen molar-refractivity contribution in [3.63, 3.8) is 0 Å². The van der Waals surface area contributed by atoms with Crippen LogP contribution >= 0.6 is 11.6 Å². The number of alkyl halides is 1. The number of carboxylic acids is 1. The highest BCUT2D eigenvalue weighted by Gasteiger charge is 2.30. The van der Waals surface area contributed by atoms with E-state index in [1.807, 2.05) is 56.3 Å². The number of ether oxygens (including phenoxy) is 3. The van der Waals surface area contributed by atoms with Gasteiger partial charge in [0.05, 0.1) is 24.7 Å². The normalized spacial score (nSPS) is 11.7. The number of carboxylic acid groups (broad SMARTS) is 1. The topological polar surface area (TPSA) is 157 Å². The average molecular weight is 653 g/mol. The molecule has 0 spiro atoms. The Morgan fingerprint density at radius 2 is 1.61 bits per heavy atom. The van der Waals surface area contributed by atoms with E-state index in [0.29, 0.717) is 41.2 Å². The number of methoxy groups -OCH3 is 1. The third-order valence-corrected chi connectivity index (χ3v) is 6.75. The van der Waals surface area contributed by atoms with Crippen LogP contribution in [0, 0.1) is 5.92 Å². The zero-order valence-corrected chi connectivity index (χ0v) is 26.8. The number of carbonyl (C=O) groups excluding carboxylic acids is 1. The van der Waals surface area contributed by atoms with Gasteiger partial charge in [-0.1, -0.05) is 54.5 Å². The van der Waals surface area contributed by atoms with Crippen molar-refractivity contribution in [1.29, 1.82) is 0 Å². The second-order valence-corrected chi connectivity index (χ2v) is 10.7. The predicted octanol–water partition coefficient (Wildman–Crippen LogP) is 7.07. The standard InChI is InChI=1S/C30H31N3O7.C3H6ClNO/c1-20(2)17-26(33(18-28(34)35)30(36)39-25-15-13-23(37-3)14-16-25)21-9-11-24(12-10-21)38-19-27-31-29(40-32-27)22-7-5-4-6-8-22;1-3(2-4)5-6/h4-16,20,26H,17-19H2,1-3H3,(H,34,35);6H,2H2,1H3/b;5-3+/t26-;/m0./s1. The Hall–Kier alpha value is -5.10. The molecular formula is C33H37ClN4O8. The van der Waals surface area contributed by atoms with Gasteiger partial charge in [-0.3, -0.25) is 9.69 Å². The van der Waals surface area contributed by atoms with Crippen molar-refractivity contribution in [3.05, 3.63) is 90.3 Å². The molecule has 0 unspecified atom stereocenters.